The first-order valence-corrected chi connectivity index (χ1v) is 11.9. The van der Waals surface area contributed by atoms with Gasteiger partial charge in [0.15, 0.2) is 11.6 Å². The van der Waals surface area contributed by atoms with Gasteiger partial charge in [0.25, 0.3) is 0 Å². The lowest BCUT2D eigenvalue weighted by Crippen LogP contribution is -2.15. The largest absolute Gasteiger partial charge is 0.203 e. The van der Waals surface area contributed by atoms with Crippen LogP contribution in [0.2, 0.25) is 0 Å². The average Bonchev–Trinajstić information content (AvgIpc) is 2.76. The van der Waals surface area contributed by atoms with Gasteiger partial charge in [0.1, 0.15) is 0 Å². The Morgan fingerprint density at radius 2 is 1.50 bits per heavy atom. The highest BCUT2D eigenvalue weighted by Crippen LogP contribution is 2.35. The molecule has 30 heavy (non-hydrogen) atoms. The highest BCUT2D eigenvalue weighted by Gasteiger charge is 2.22. The zero-order chi connectivity index (χ0) is 21.3. The molecule has 0 atom stereocenters. The number of benzene rings is 1. The van der Waals surface area contributed by atoms with E-state index in [4.69, 9.17) is 0 Å². The minimum Gasteiger partial charge on any atom is -0.203 e. The summed E-state index contributed by atoms with van der Waals surface area (Å²) in [7, 11) is 0. The number of hydrogen-bond acceptors (Lipinski definition) is 2. The molecule has 1 fully saturated rings. The number of rotatable bonds is 10. The molecule has 164 valence electrons. The summed E-state index contributed by atoms with van der Waals surface area (Å²) in [5.74, 6) is -0.00789. The van der Waals surface area contributed by atoms with Gasteiger partial charge in [-0.1, -0.05) is 77.2 Å². The van der Waals surface area contributed by atoms with E-state index >= 15 is 0 Å². The molecule has 1 aliphatic carbocycles. The molecule has 0 radical (unpaired) electrons. The summed E-state index contributed by atoms with van der Waals surface area (Å²) in [6.45, 7) is 4.08. The van der Waals surface area contributed by atoms with Crippen molar-refractivity contribution < 1.29 is 8.78 Å². The van der Waals surface area contributed by atoms with E-state index in [1.165, 1.54) is 64.2 Å². The summed E-state index contributed by atoms with van der Waals surface area (Å²) in [5.41, 5.74) is 1.79. The second kappa shape index (κ2) is 11.5. The van der Waals surface area contributed by atoms with Gasteiger partial charge in [-0.15, -0.1) is 0 Å². The van der Waals surface area contributed by atoms with Crippen LogP contribution >= 0.6 is 0 Å². The van der Waals surface area contributed by atoms with E-state index in [2.05, 4.69) is 17.1 Å². The Labute approximate surface area is 180 Å². The van der Waals surface area contributed by atoms with Crippen LogP contribution in [0.4, 0.5) is 8.78 Å². The minimum atomic E-state index is -0.808. The Kier molecular flexibility index (Phi) is 8.77. The molecule has 1 heterocycles. The van der Waals surface area contributed by atoms with Gasteiger partial charge in [-0.25, -0.2) is 8.78 Å². The first kappa shape index (κ1) is 22.8. The smallest absolute Gasteiger partial charge is 0.168 e. The van der Waals surface area contributed by atoms with Crippen LogP contribution in [0.3, 0.4) is 0 Å². The lowest BCUT2D eigenvalue weighted by molar-refractivity contribution is 0.248. The lowest BCUT2D eigenvalue weighted by atomic mass is 9.77. The normalized spacial score (nSPS) is 19.2. The number of unbranched alkanes of at least 4 members (excludes halogenated alkanes) is 4. The Morgan fingerprint density at radius 1 is 0.800 bits per heavy atom. The van der Waals surface area contributed by atoms with E-state index in [0.717, 1.165) is 18.0 Å². The molecule has 0 aliphatic heterocycles. The second-order valence-corrected chi connectivity index (χ2v) is 9.09. The molecule has 3 rings (SSSR count). The molecule has 2 aromatic rings. The molecule has 1 aliphatic rings. The molecule has 0 N–H and O–H groups in total. The molecule has 0 bridgehead atoms. The van der Waals surface area contributed by atoms with Crippen LogP contribution in [0.5, 0.6) is 0 Å². The Balaban J connectivity index is 1.46. The molecule has 4 heteroatoms. The summed E-state index contributed by atoms with van der Waals surface area (Å²) in [5, 5.41) is 7.93. The highest BCUT2D eigenvalue weighted by molar-refractivity contribution is 5.60. The average molecular weight is 415 g/mol. The van der Waals surface area contributed by atoms with Crippen molar-refractivity contribution in [1.29, 1.82) is 0 Å². The molecule has 0 saturated heterocycles. The van der Waals surface area contributed by atoms with Gasteiger partial charge in [0, 0.05) is 5.56 Å². The van der Waals surface area contributed by atoms with E-state index in [-0.39, 0.29) is 5.56 Å². The van der Waals surface area contributed by atoms with Crippen molar-refractivity contribution in [1.82, 2.24) is 10.2 Å². The number of hydrogen-bond donors (Lipinski definition) is 0. The van der Waals surface area contributed by atoms with Gasteiger partial charge in [-0.3, -0.25) is 0 Å². The van der Waals surface area contributed by atoms with Gasteiger partial charge in [0.05, 0.1) is 11.4 Å². The van der Waals surface area contributed by atoms with Gasteiger partial charge in [-0.05, 0) is 55.4 Å². The van der Waals surface area contributed by atoms with Gasteiger partial charge >= 0.3 is 0 Å². The zero-order valence-electron chi connectivity index (χ0n) is 18.6. The van der Waals surface area contributed by atoms with E-state index in [1.54, 1.807) is 24.3 Å². The summed E-state index contributed by atoms with van der Waals surface area (Å²) in [4.78, 5) is 0. The molecule has 0 spiro atoms. The van der Waals surface area contributed by atoms with E-state index in [9.17, 15) is 8.78 Å². The first-order chi connectivity index (χ1) is 14.6. The van der Waals surface area contributed by atoms with Gasteiger partial charge in [-0.2, -0.15) is 10.2 Å². The molecule has 2 nitrogen and oxygen atoms in total. The molecule has 0 unspecified atom stereocenters. The highest BCUT2D eigenvalue weighted by atomic mass is 19.2. The number of nitrogens with zero attached hydrogens (tertiary/aromatic N) is 2. The van der Waals surface area contributed by atoms with Crippen LogP contribution in [0, 0.1) is 30.4 Å². The fraction of sp³-hybridized carbons (Fsp3) is 0.615. The van der Waals surface area contributed by atoms with E-state index in [0.29, 0.717) is 23.6 Å². The second-order valence-electron chi connectivity index (χ2n) is 9.09. The standard InChI is InChI=1S/C26H36F2N2/c1-3-4-5-6-7-8-20-10-12-21(13-11-20)14-15-22-16-17-23(26(28)25(22)27)24-18-9-19(2)29-30-24/h9,16-18,20-21H,3-8,10-15H2,1-2H3. The van der Waals surface area contributed by atoms with Crippen molar-refractivity contribution in [2.75, 3.05) is 0 Å². The van der Waals surface area contributed by atoms with Crippen LogP contribution in [-0.2, 0) is 6.42 Å². The van der Waals surface area contributed by atoms with Crippen LogP contribution in [-0.4, -0.2) is 10.2 Å². The summed E-state index contributed by atoms with van der Waals surface area (Å²) < 4.78 is 29.3. The topological polar surface area (TPSA) is 25.8 Å². The predicted molar refractivity (Wildman–Crippen MR) is 119 cm³/mol. The van der Waals surface area contributed by atoms with Crippen molar-refractivity contribution in [3.8, 4) is 11.3 Å². The van der Waals surface area contributed by atoms with Crippen molar-refractivity contribution in [3.05, 3.63) is 47.2 Å². The zero-order valence-corrected chi connectivity index (χ0v) is 18.6. The van der Waals surface area contributed by atoms with Crippen molar-refractivity contribution >= 4 is 0 Å². The Bertz CT molecular complexity index is 780. The molecular formula is C26H36F2N2. The maximum Gasteiger partial charge on any atom is 0.168 e. The third-order valence-electron chi connectivity index (χ3n) is 6.74. The van der Waals surface area contributed by atoms with Crippen molar-refractivity contribution in [2.24, 2.45) is 11.8 Å². The minimum absolute atomic E-state index is 0.184. The van der Waals surface area contributed by atoms with Crippen LogP contribution in [0.25, 0.3) is 11.3 Å². The Hall–Kier alpha value is -1.84. The SMILES string of the molecule is CCCCCCCC1CCC(CCc2ccc(-c3ccc(C)nn3)c(F)c2F)CC1. The molecule has 1 aromatic heterocycles. The fourth-order valence-corrected chi connectivity index (χ4v) is 4.73. The van der Waals surface area contributed by atoms with Gasteiger partial charge in [0.2, 0.25) is 0 Å². The van der Waals surface area contributed by atoms with E-state index in [1.807, 2.05) is 6.92 Å². The molecule has 1 aromatic carbocycles. The maximum absolute atomic E-state index is 14.6. The fourth-order valence-electron chi connectivity index (χ4n) is 4.73. The summed E-state index contributed by atoms with van der Waals surface area (Å²) in [6.07, 6.45) is 14.8. The summed E-state index contributed by atoms with van der Waals surface area (Å²) >= 11 is 0. The van der Waals surface area contributed by atoms with Crippen molar-refractivity contribution in [2.45, 2.75) is 90.9 Å². The maximum atomic E-state index is 14.6. The Morgan fingerprint density at radius 3 is 2.17 bits per heavy atom. The number of aryl methyl sites for hydroxylation is 2. The number of aromatic nitrogens is 2. The third-order valence-corrected chi connectivity index (χ3v) is 6.74. The van der Waals surface area contributed by atoms with Crippen LogP contribution in [0.1, 0.15) is 88.8 Å². The predicted octanol–water partition coefficient (Wildman–Crippen LogP) is 7.83. The van der Waals surface area contributed by atoms with Crippen molar-refractivity contribution in [3.63, 3.8) is 0 Å². The number of halogens is 2. The first-order valence-electron chi connectivity index (χ1n) is 11.9. The lowest BCUT2D eigenvalue weighted by Gasteiger charge is -2.28. The van der Waals surface area contributed by atoms with Crippen LogP contribution < -0.4 is 0 Å². The monoisotopic (exact) mass is 414 g/mol. The molecular weight excluding hydrogens is 378 g/mol. The molecule has 0 amide bonds. The summed E-state index contributed by atoms with van der Waals surface area (Å²) in [6, 6.07) is 6.80. The molecule has 1 saturated carbocycles. The van der Waals surface area contributed by atoms with E-state index < -0.39 is 11.6 Å². The van der Waals surface area contributed by atoms with Crippen LogP contribution in [0.15, 0.2) is 24.3 Å². The third kappa shape index (κ3) is 6.33. The quantitative estimate of drug-likeness (QED) is 0.370. The van der Waals surface area contributed by atoms with Gasteiger partial charge < -0.3 is 0 Å².